The molecule has 1 fully saturated rings. The van der Waals surface area contributed by atoms with E-state index in [4.69, 9.17) is 10.8 Å². The summed E-state index contributed by atoms with van der Waals surface area (Å²) < 4.78 is 3.02. The molecule has 20 heavy (non-hydrogen) atoms. The standard InChI is InChI=1S/C12H14IN5O2/c13-8-5-18(11-9(8)10(14)15-6-16-11)7-2-1-3-17(4-7)12(19)20/h5-7H,1-4H2,(H,19,20)(H2,14,15,16). The first kappa shape index (κ1) is 13.4. The van der Waals surface area contributed by atoms with Crippen molar-refractivity contribution in [1.29, 1.82) is 0 Å². The van der Waals surface area contributed by atoms with E-state index in [9.17, 15) is 4.79 Å². The van der Waals surface area contributed by atoms with Gasteiger partial charge in [-0.3, -0.25) is 0 Å². The number of aromatic nitrogens is 3. The van der Waals surface area contributed by atoms with Gasteiger partial charge < -0.3 is 20.3 Å². The number of rotatable bonds is 1. The number of nitrogens with two attached hydrogens (primary N) is 1. The first-order valence-corrected chi connectivity index (χ1v) is 7.40. The molecule has 3 heterocycles. The zero-order chi connectivity index (χ0) is 14.3. The summed E-state index contributed by atoms with van der Waals surface area (Å²) in [6.45, 7) is 1.08. The van der Waals surface area contributed by atoms with Crippen LogP contribution in [0.25, 0.3) is 11.0 Å². The van der Waals surface area contributed by atoms with E-state index in [1.807, 2.05) is 10.8 Å². The van der Waals surface area contributed by atoms with E-state index in [2.05, 4.69) is 32.6 Å². The number of carboxylic acid groups (broad SMARTS) is 1. The minimum Gasteiger partial charge on any atom is -0.465 e. The van der Waals surface area contributed by atoms with Gasteiger partial charge in [-0.05, 0) is 35.4 Å². The Morgan fingerprint density at radius 2 is 2.30 bits per heavy atom. The Morgan fingerprint density at radius 1 is 1.50 bits per heavy atom. The van der Waals surface area contributed by atoms with Crippen LogP contribution in [0.1, 0.15) is 18.9 Å². The van der Waals surface area contributed by atoms with Gasteiger partial charge in [0.05, 0.1) is 11.4 Å². The highest BCUT2D eigenvalue weighted by atomic mass is 127. The van der Waals surface area contributed by atoms with Crippen LogP contribution in [0.3, 0.4) is 0 Å². The number of hydrogen-bond donors (Lipinski definition) is 2. The molecule has 1 atom stereocenters. The van der Waals surface area contributed by atoms with Gasteiger partial charge in [0.2, 0.25) is 0 Å². The number of anilines is 1. The van der Waals surface area contributed by atoms with E-state index in [-0.39, 0.29) is 6.04 Å². The molecule has 1 amide bonds. The zero-order valence-electron chi connectivity index (χ0n) is 10.7. The van der Waals surface area contributed by atoms with Crippen LogP contribution in [0.4, 0.5) is 10.6 Å². The Morgan fingerprint density at radius 3 is 3.05 bits per heavy atom. The molecule has 3 N–H and O–H groups in total. The topological polar surface area (TPSA) is 97.3 Å². The lowest BCUT2D eigenvalue weighted by Gasteiger charge is -2.31. The number of carbonyl (C=O) groups is 1. The first-order chi connectivity index (χ1) is 9.58. The molecule has 1 aliphatic rings. The Bertz CT molecular complexity index is 671. The maximum atomic E-state index is 11.1. The van der Waals surface area contributed by atoms with E-state index in [0.717, 1.165) is 27.4 Å². The zero-order valence-corrected chi connectivity index (χ0v) is 12.8. The van der Waals surface area contributed by atoms with Crippen LogP contribution in [-0.2, 0) is 0 Å². The number of fused-ring (bicyclic) bond motifs is 1. The van der Waals surface area contributed by atoms with Gasteiger partial charge in [-0.15, -0.1) is 0 Å². The molecule has 0 saturated carbocycles. The molecule has 1 aliphatic heterocycles. The fourth-order valence-electron chi connectivity index (χ4n) is 2.70. The molecule has 106 valence electrons. The molecular weight excluding hydrogens is 373 g/mol. The highest BCUT2D eigenvalue weighted by Crippen LogP contribution is 2.31. The summed E-state index contributed by atoms with van der Waals surface area (Å²) >= 11 is 2.21. The molecule has 0 aliphatic carbocycles. The maximum Gasteiger partial charge on any atom is 0.407 e. The number of piperidine rings is 1. The lowest BCUT2D eigenvalue weighted by Crippen LogP contribution is -2.39. The van der Waals surface area contributed by atoms with Gasteiger partial charge in [0.25, 0.3) is 0 Å². The average Bonchev–Trinajstić information content (AvgIpc) is 2.78. The van der Waals surface area contributed by atoms with Gasteiger partial charge in [-0.2, -0.15) is 0 Å². The minimum absolute atomic E-state index is 0.0974. The van der Waals surface area contributed by atoms with E-state index >= 15 is 0 Å². The monoisotopic (exact) mass is 387 g/mol. The predicted molar refractivity (Wildman–Crippen MR) is 82.5 cm³/mol. The largest absolute Gasteiger partial charge is 0.465 e. The molecule has 0 radical (unpaired) electrons. The molecular formula is C12H14IN5O2. The van der Waals surface area contributed by atoms with Gasteiger partial charge >= 0.3 is 6.09 Å². The van der Waals surface area contributed by atoms with Crippen LogP contribution in [0, 0.1) is 3.57 Å². The number of hydrogen-bond acceptors (Lipinski definition) is 4. The Balaban J connectivity index is 2.02. The quantitative estimate of drug-likeness (QED) is 0.729. The molecule has 1 saturated heterocycles. The second kappa shape index (κ2) is 5.08. The highest BCUT2D eigenvalue weighted by Gasteiger charge is 2.26. The van der Waals surface area contributed by atoms with Crippen molar-refractivity contribution in [2.24, 2.45) is 0 Å². The van der Waals surface area contributed by atoms with Crippen LogP contribution in [0.5, 0.6) is 0 Å². The smallest absolute Gasteiger partial charge is 0.407 e. The average molecular weight is 387 g/mol. The van der Waals surface area contributed by atoms with Gasteiger partial charge in [0.15, 0.2) is 0 Å². The van der Waals surface area contributed by atoms with Crippen molar-refractivity contribution in [3.05, 3.63) is 16.1 Å². The Hall–Kier alpha value is -1.58. The lowest BCUT2D eigenvalue weighted by atomic mass is 10.1. The van der Waals surface area contributed by atoms with Crippen molar-refractivity contribution < 1.29 is 9.90 Å². The van der Waals surface area contributed by atoms with Gasteiger partial charge in [-0.1, -0.05) is 0 Å². The molecule has 2 aromatic heterocycles. The maximum absolute atomic E-state index is 11.1. The molecule has 0 bridgehead atoms. The summed E-state index contributed by atoms with van der Waals surface area (Å²) in [6.07, 6.45) is 4.35. The van der Waals surface area contributed by atoms with Crippen molar-refractivity contribution >= 4 is 45.5 Å². The van der Waals surface area contributed by atoms with Crippen LogP contribution in [0.15, 0.2) is 12.5 Å². The second-order valence-corrected chi connectivity index (χ2v) is 6.03. The molecule has 0 aromatic carbocycles. The third-order valence-electron chi connectivity index (χ3n) is 3.65. The van der Waals surface area contributed by atoms with E-state index < -0.39 is 6.09 Å². The van der Waals surface area contributed by atoms with Gasteiger partial charge in [0.1, 0.15) is 17.8 Å². The third kappa shape index (κ3) is 2.17. The Kier molecular flexibility index (Phi) is 3.40. The predicted octanol–water partition coefficient (Wildman–Crippen LogP) is 1.93. The fourth-order valence-corrected chi connectivity index (χ4v) is 3.51. The number of amides is 1. The van der Waals surface area contributed by atoms with Gasteiger partial charge in [-0.25, -0.2) is 14.8 Å². The number of halogens is 1. The lowest BCUT2D eigenvalue weighted by molar-refractivity contribution is 0.122. The van der Waals surface area contributed by atoms with Gasteiger partial charge in [0, 0.05) is 22.9 Å². The van der Waals surface area contributed by atoms with E-state index in [0.29, 0.717) is 18.9 Å². The molecule has 3 rings (SSSR count). The number of nitrogens with zero attached hydrogens (tertiary/aromatic N) is 4. The van der Waals surface area contributed by atoms with Crippen LogP contribution >= 0.6 is 22.6 Å². The van der Waals surface area contributed by atoms with Crippen molar-refractivity contribution in [2.45, 2.75) is 18.9 Å². The Labute approximate surface area is 128 Å². The molecule has 8 heteroatoms. The number of likely N-dealkylation sites (tertiary alicyclic amines) is 1. The second-order valence-electron chi connectivity index (χ2n) is 4.87. The molecule has 1 unspecified atom stereocenters. The normalized spacial score (nSPS) is 19.4. The molecule has 0 spiro atoms. The van der Waals surface area contributed by atoms with Crippen molar-refractivity contribution in [3.8, 4) is 0 Å². The summed E-state index contributed by atoms with van der Waals surface area (Å²) in [6, 6.07) is 0.0974. The fraction of sp³-hybridized carbons (Fsp3) is 0.417. The van der Waals surface area contributed by atoms with Crippen LogP contribution < -0.4 is 5.73 Å². The van der Waals surface area contributed by atoms with Crippen LogP contribution in [0.2, 0.25) is 0 Å². The summed E-state index contributed by atoms with van der Waals surface area (Å²) in [7, 11) is 0. The SMILES string of the molecule is Nc1ncnc2c1c(I)cn2C1CCCN(C(=O)O)C1. The highest BCUT2D eigenvalue weighted by molar-refractivity contribution is 14.1. The number of nitrogen functional groups attached to an aromatic ring is 1. The molecule has 7 nitrogen and oxygen atoms in total. The minimum atomic E-state index is -0.866. The van der Waals surface area contributed by atoms with E-state index in [1.54, 1.807) is 0 Å². The van der Waals surface area contributed by atoms with Crippen molar-refractivity contribution in [3.63, 3.8) is 0 Å². The summed E-state index contributed by atoms with van der Waals surface area (Å²) in [4.78, 5) is 20.9. The third-order valence-corrected chi connectivity index (χ3v) is 4.47. The summed E-state index contributed by atoms with van der Waals surface area (Å²) in [5, 5.41) is 9.98. The van der Waals surface area contributed by atoms with Crippen LogP contribution in [-0.4, -0.2) is 43.7 Å². The first-order valence-electron chi connectivity index (χ1n) is 6.32. The summed E-state index contributed by atoms with van der Waals surface area (Å²) in [5.74, 6) is 0.462. The van der Waals surface area contributed by atoms with Crippen molar-refractivity contribution in [2.75, 3.05) is 18.8 Å². The van der Waals surface area contributed by atoms with E-state index in [1.165, 1.54) is 11.2 Å². The summed E-state index contributed by atoms with van der Waals surface area (Å²) in [5.41, 5.74) is 6.68. The van der Waals surface area contributed by atoms with Crippen molar-refractivity contribution in [1.82, 2.24) is 19.4 Å². The molecule has 2 aromatic rings.